The zero-order valence-electron chi connectivity index (χ0n) is 15.2. The van der Waals surface area contributed by atoms with Crippen molar-refractivity contribution in [2.45, 2.75) is 24.7 Å². The number of hydrogen-bond donors (Lipinski definition) is 1. The summed E-state index contributed by atoms with van der Waals surface area (Å²) in [5.74, 6) is 0.412. The quantitative estimate of drug-likeness (QED) is 0.483. The lowest BCUT2D eigenvalue weighted by Crippen LogP contribution is -2.37. The third-order valence-electron chi connectivity index (χ3n) is 4.81. The fourth-order valence-corrected chi connectivity index (χ4v) is 5.15. The van der Waals surface area contributed by atoms with Gasteiger partial charge in [0.05, 0.1) is 11.4 Å². The summed E-state index contributed by atoms with van der Waals surface area (Å²) in [6.07, 6.45) is 1.75. The van der Waals surface area contributed by atoms with Gasteiger partial charge in [-0.2, -0.15) is 4.31 Å². The Labute approximate surface area is 174 Å². The highest BCUT2D eigenvalue weighted by Gasteiger charge is 2.28. The molecule has 1 aliphatic rings. The van der Waals surface area contributed by atoms with Gasteiger partial charge in [-0.15, -0.1) is 0 Å². The molecule has 0 unspecified atom stereocenters. The molecule has 1 saturated heterocycles. The summed E-state index contributed by atoms with van der Waals surface area (Å²) in [6, 6.07) is 14.1. The van der Waals surface area contributed by atoms with Crippen molar-refractivity contribution in [1.29, 1.82) is 0 Å². The Hall–Kier alpha value is -1.45. The van der Waals surface area contributed by atoms with E-state index >= 15 is 0 Å². The number of carbonyl (C=O) groups is 1. The Kier molecular flexibility index (Phi) is 6.54. The van der Waals surface area contributed by atoms with E-state index in [9.17, 15) is 13.2 Å². The number of rotatable bonds is 6. The molecule has 0 aliphatic carbocycles. The molecule has 144 valence electrons. The van der Waals surface area contributed by atoms with Crippen LogP contribution in [0.5, 0.6) is 0 Å². The van der Waals surface area contributed by atoms with Gasteiger partial charge in [0, 0.05) is 27.9 Å². The molecule has 1 aliphatic heterocycles. The van der Waals surface area contributed by atoms with E-state index < -0.39 is 10.0 Å². The molecule has 1 heterocycles. The molecule has 3 rings (SSSR count). The largest absolute Gasteiger partial charge is 0.378 e. The van der Waals surface area contributed by atoms with Crippen molar-refractivity contribution in [2.75, 3.05) is 25.0 Å². The minimum Gasteiger partial charge on any atom is -0.378 e. The van der Waals surface area contributed by atoms with Gasteiger partial charge in [-0.3, -0.25) is 4.79 Å². The molecule has 1 fully saturated rings. The number of sulfonamides is 1. The predicted octanol–water partition coefficient (Wildman–Crippen LogP) is 4.01. The molecule has 2 aromatic carbocycles. The molecular formula is C20H23IN2O3S. The van der Waals surface area contributed by atoms with Crippen LogP contribution < -0.4 is 5.32 Å². The van der Waals surface area contributed by atoms with Crippen LogP contribution in [0, 0.1) is 9.49 Å². The molecule has 5 nitrogen and oxygen atoms in total. The number of Topliss-reactive ketones (excluding diaryl/α,β-unsaturated/α-hetero) is 1. The van der Waals surface area contributed by atoms with E-state index in [0.29, 0.717) is 24.6 Å². The second-order valence-corrected chi connectivity index (χ2v) is 10.1. The van der Waals surface area contributed by atoms with Gasteiger partial charge in [-0.25, -0.2) is 8.42 Å². The minimum absolute atomic E-state index is 0.116. The average Bonchev–Trinajstić information content (AvgIpc) is 2.66. The number of ketones is 1. The van der Waals surface area contributed by atoms with E-state index in [-0.39, 0.29) is 17.2 Å². The van der Waals surface area contributed by atoms with Crippen molar-refractivity contribution in [1.82, 2.24) is 4.31 Å². The first kappa shape index (κ1) is 20.3. The maximum absolute atomic E-state index is 12.9. The molecule has 0 radical (unpaired) electrons. The summed E-state index contributed by atoms with van der Waals surface area (Å²) >= 11 is 2.21. The van der Waals surface area contributed by atoms with Crippen molar-refractivity contribution in [3.63, 3.8) is 0 Å². The van der Waals surface area contributed by atoms with E-state index in [1.807, 2.05) is 24.3 Å². The van der Waals surface area contributed by atoms with Gasteiger partial charge in [0.2, 0.25) is 10.0 Å². The van der Waals surface area contributed by atoms with E-state index in [2.05, 4.69) is 34.8 Å². The number of nitrogens with one attached hydrogen (secondary N) is 1. The van der Waals surface area contributed by atoms with E-state index in [1.165, 1.54) is 10.4 Å². The van der Waals surface area contributed by atoms with Crippen LogP contribution in [-0.4, -0.2) is 38.1 Å². The second kappa shape index (κ2) is 8.70. The van der Waals surface area contributed by atoms with Crippen LogP contribution in [0.15, 0.2) is 53.4 Å². The van der Waals surface area contributed by atoms with Gasteiger partial charge in [0.25, 0.3) is 0 Å². The summed E-state index contributed by atoms with van der Waals surface area (Å²) in [4.78, 5) is 12.7. The number of halogens is 1. The van der Waals surface area contributed by atoms with Gasteiger partial charge in [-0.1, -0.05) is 25.1 Å². The smallest absolute Gasteiger partial charge is 0.243 e. The van der Waals surface area contributed by atoms with Crippen LogP contribution in [0.1, 0.15) is 30.1 Å². The molecule has 0 atom stereocenters. The third kappa shape index (κ3) is 5.08. The molecule has 27 heavy (non-hydrogen) atoms. The highest BCUT2D eigenvalue weighted by Crippen LogP contribution is 2.24. The van der Waals surface area contributed by atoms with Crippen molar-refractivity contribution < 1.29 is 13.2 Å². The van der Waals surface area contributed by atoms with Crippen LogP contribution in [0.2, 0.25) is 0 Å². The lowest BCUT2D eigenvalue weighted by Gasteiger charge is -2.29. The van der Waals surface area contributed by atoms with Gasteiger partial charge >= 0.3 is 0 Å². The predicted molar refractivity (Wildman–Crippen MR) is 116 cm³/mol. The number of carbonyl (C=O) groups excluding carboxylic acids is 1. The number of anilines is 1. The first-order valence-corrected chi connectivity index (χ1v) is 11.5. The lowest BCUT2D eigenvalue weighted by atomic mass is 10.0. The standard InChI is InChI=1S/C20H23IN2O3S/c1-15-8-10-23(11-9-15)27(25,26)19-7-2-4-16(12-19)20(24)14-22-18-6-3-5-17(21)13-18/h2-7,12-13,15,22H,8-11,14H2,1H3. The van der Waals surface area contributed by atoms with Gasteiger partial charge < -0.3 is 5.32 Å². The van der Waals surface area contributed by atoms with E-state index in [4.69, 9.17) is 0 Å². The fourth-order valence-electron chi connectivity index (χ4n) is 3.09. The molecular weight excluding hydrogens is 475 g/mol. The first-order chi connectivity index (χ1) is 12.9. The summed E-state index contributed by atoms with van der Waals surface area (Å²) in [6.45, 7) is 3.33. The SMILES string of the molecule is CC1CCN(S(=O)(=O)c2cccc(C(=O)CNc3cccc(I)c3)c2)CC1. The van der Waals surface area contributed by atoms with Crippen molar-refractivity contribution >= 4 is 44.1 Å². The molecule has 0 amide bonds. The monoisotopic (exact) mass is 498 g/mol. The third-order valence-corrected chi connectivity index (χ3v) is 7.38. The molecule has 0 aromatic heterocycles. The van der Waals surface area contributed by atoms with Crippen LogP contribution in [0.4, 0.5) is 5.69 Å². The van der Waals surface area contributed by atoms with Crippen molar-refractivity contribution in [3.8, 4) is 0 Å². The van der Waals surface area contributed by atoms with Crippen LogP contribution >= 0.6 is 22.6 Å². The number of nitrogens with zero attached hydrogens (tertiary/aromatic N) is 1. The topological polar surface area (TPSA) is 66.5 Å². The van der Waals surface area contributed by atoms with Crippen LogP contribution in [-0.2, 0) is 10.0 Å². The lowest BCUT2D eigenvalue weighted by molar-refractivity contribution is 0.101. The van der Waals surface area contributed by atoms with Crippen molar-refractivity contribution in [3.05, 3.63) is 57.7 Å². The second-order valence-electron chi connectivity index (χ2n) is 6.90. The molecule has 2 aromatic rings. The minimum atomic E-state index is -3.55. The first-order valence-electron chi connectivity index (χ1n) is 8.99. The van der Waals surface area contributed by atoms with Gasteiger partial charge in [0.15, 0.2) is 5.78 Å². The summed E-state index contributed by atoms with van der Waals surface area (Å²) in [7, 11) is -3.55. The average molecular weight is 498 g/mol. The maximum Gasteiger partial charge on any atom is 0.243 e. The van der Waals surface area contributed by atoms with E-state index in [1.54, 1.807) is 18.2 Å². The Balaban J connectivity index is 1.71. The van der Waals surface area contributed by atoms with Gasteiger partial charge in [0.1, 0.15) is 0 Å². The van der Waals surface area contributed by atoms with Gasteiger partial charge in [-0.05, 0) is 71.7 Å². The highest BCUT2D eigenvalue weighted by molar-refractivity contribution is 14.1. The zero-order valence-corrected chi connectivity index (χ0v) is 18.2. The molecule has 0 spiro atoms. The maximum atomic E-state index is 12.9. The Morgan fingerprint density at radius 2 is 1.85 bits per heavy atom. The fraction of sp³-hybridized carbons (Fsp3) is 0.350. The normalized spacial score (nSPS) is 16.2. The highest BCUT2D eigenvalue weighted by atomic mass is 127. The summed E-state index contributed by atoms with van der Waals surface area (Å²) in [5, 5.41) is 3.10. The molecule has 0 saturated carbocycles. The van der Waals surface area contributed by atoms with Crippen LogP contribution in [0.25, 0.3) is 0 Å². The van der Waals surface area contributed by atoms with Crippen molar-refractivity contribution in [2.24, 2.45) is 5.92 Å². The van der Waals surface area contributed by atoms with E-state index in [0.717, 1.165) is 22.1 Å². The summed E-state index contributed by atoms with van der Waals surface area (Å²) < 4.78 is 28.4. The summed E-state index contributed by atoms with van der Waals surface area (Å²) in [5.41, 5.74) is 1.26. The Morgan fingerprint density at radius 3 is 2.56 bits per heavy atom. The Bertz CT molecular complexity index is 922. The zero-order chi connectivity index (χ0) is 19.4. The number of hydrogen-bond acceptors (Lipinski definition) is 4. The number of piperidine rings is 1. The Morgan fingerprint density at radius 1 is 1.15 bits per heavy atom. The number of benzene rings is 2. The van der Waals surface area contributed by atoms with Crippen LogP contribution in [0.3, 0.4) is 0 Å². The molecule has 0 bridgehead atoms. The molecule has 1 N–H and O–H groups in total. The molecule has 7 heteroatoms.